The average Bonchev–Trinajstić information content (AvgIpc) is 3.66. The monoisotopic (exact) mass is 595 g/mol. The number of hydrogen-bond acceptors (Lipinski definition) is 6. The van der Waals surface area contributed by atoms with Crippen LogP contribution in [0.25, 0.3) is 0 Å². The molecule has 0 spiro atoms. The summed E-state index contributed by atoms with van der Waals surface area (Å²) in [5, 5.41) is 13.4. The second kappa shape index (κ2) is 11.0. The number of hydrogen-bond donors (Lipinski definition) is 1. The van der Waals surface area contributed by atoms with E-state index in [1.54, 1.807) is 62.4 Å². The fourth-order valence-electron chi connectivity index (χ4n) is 6.42. The van der Waals surface area contributed by atoms with E-state index in [4.69, 9.17) is 10.1 Å². The number of benzene rings is 4. The molecule has 0 bridgehead atoms. The minimum Gasteiger partial charge on any atom is -0.277 e. The molecule has 1 saturated heterocycles. The average molecular weight is 596 g/mol. The lowest BCUT2D eigenvalue weighted by Crippen LogP contribution is -2.58. The lowest BCUT2D eigenvalue weighted by molar-refractivity contribution is -0.136. The summed E-state index contributed by atoms with van der Waals surface area (Å²) in [6.45, 7) is 3.42. The van der Waals surface area contributed by atoms with E-state index in [9.17, 15) is 9.59 Å². The smallest absolute Gasteiger partial charge is 0.261 e. The van der Waals surface area contributed by atoms with Crippen molar-refractivity contribution in [1.29, 1.82) is 0 Å². The molecule has 10 nitrogen and oxygen atoms in total. The molecule has 0 unspecified atom stereocenters. The third kappa shape index (κ3) is 4.41. The molecule has 3 amide bonds. The van der Waals surface area contributed by atoms with Gasteiger partial charge in [0.05, 0.1) is 28.5 Å². The number of hydrazone groups is 2. The summed E-state index contributed by atoms with van der Waals surface area (Å²) < 4.78 is 0. The van der Waals surface area contributed by atoms with E-state index in [-0.39, 0.29) is 5.84 Å². The lowest BCUT2D eigenvalue weighted by atomic mass is 9.61. The van der Waals surface area contributed by atoms with Crippen LogP contribution in [0, 0.1) is 17.3 Å². The maximum atomic E-state index is 15.1. The number of amidine groups is 1. The Morgan fingerprint density at radius 2 is 1.13 bits per heavy atom. The van der Waals surface area contributed by atoms with Crippen LogP contribution in [0.15, 0.2) is 137 Å². The highest BCUT2D eigenvalue weighted by Gasteiger charge is 2.69. The number of carbonyl (C=O) groups excluding carboxylic acids is 3. The maximum absolute atomic E-state index is 15.1. The van der Waals surface area contributed by atoms with Crippen molar-refractivity contribution in [3.8, 4) is 0 Å². The first kappa shape index (κ1) is 27.9. The summed E-state index contributed by atoms with van der Waals surface area (Å²) in [6, 6.07) is 36.3. The van der Waals surface area contributed by atoms with Crippen LogP contribution in [0.3, 0.4) is 0 Å². The zero-order chi connectivity index (χ0) is 31.1. The molecule has 0 saturated carbocycles. The molecule has 10 heteroatoms. The van der Waals surface area contributed by atoms with Gasteiger partial charge in [-0.05, 0) is 62.4 Å². The molecule has 45 heavy (non-hydrogen) atoms. The van der Waals surface area contributed by atoms with E-state index in [2.05, 4.69) is 10.5 Å². The number of carbonyl (C=O) groups is 3. The number of anilines is 3. The van der Waals surface area contributed by atoms with Gasteiger partial charge in [-0.2, -0.15) is 15.2 Å². The van der Waals surface area contributed by atoms with Gasteiger partial charge in [0.25, 0.3) is 17.7 Å². The Hall–Kier alpha value is -5.90. The van der Waals surface area contributed by atoms with Crippen molar-refractivity contribution in [3.63, 3.8) is 0 Å². The third-order valence-electron chi connectivity index (χ3n) is 8.43. The quantitative estimate of drug-likeness (QED) is 0.325. The predicted octanol–water partition coefficient (Wildman–Crippen LogP) is 5.33. The molecule has 0 aromatic heterocycles. The van der Waals surface area contributed by atoms with Crippen molar-refractivity contribution in [1.82, 2.24) is 5.43 Å². The number of hydrazine groups is 1. The fourth-order valence-corrected chi connectivity index (χ4v) is 6.42. The maximum Gasteiger partial charge on any atom is 0.261 e. The Balaban J connectivity index is 1.45. The van der Waals surface area contributed by atoms with E-state index >= 15 is 4.79 Å². The zero-order valence-electron chi connectivity index (χ0n) is 24.6. The van der Waals surface area contributed by atoms with Crippen molar-refractivity contribution < 1.29 is 14.4 Å². The van der Waals surface area contributed by atoms with Crippen LogP contribution in [0.4, 0.5) is 22.7 Å². The van der Waals surface area contributed by atoms with Gasteiger partial charge in [0.2, 0.25) is 0 Å². The molecule has 4 aromatic carbocycles. The van der Waals surface area contributed by atoms with Crippen LogP contribution in [-0.2, 0) is 14.4 Å². The normalized spacial score (nSPS) is 23.9. The SMILES string of the molecule is CC1=NN(c2ccccc2)C(=O)[C@@H]1[C@]1([C@@H]2C(=O)N(c3ccccc3)NC2=Nc2ccccc2)C(=O)N(c2ccccc2)N=C1C. The van der Waals surface area contributed by atoms with Crippen LogP contribution in [0.1, 0.15) is 13.8 Å². The Morgan fingerprint density at radius 3 is 1.71 bits per heavy atom. The summed E-state index contributed by atoms with van der Waals surface area (Å²) in [6.07, 6.45) is 0. The number of nitrogens with zero attached hydrogens (tertiary/aromatic N) is 6. The standard InChI is InChI=1S/C35H29N7O3/c1-23-29(32(43)40(37-23)26-17-9-4-10-18-26)35(24(2)38-42(34(35)45)28-21-13-6-14-22-28)30-31(36-25-15-7-3-8-16-25)39-41(33(30)44)27-19-11-5-12-20-27/h3-22,29-30H,1-2H3,(H,36,39)/t29-,30+,35-/m1/s1. The summed E-state index contributed by atoms with van der Waals surface area (Å²) >= 11 is 0. The van der Waals surface area contributed by atoms with Gasteiger partial charge >= 0.3 is 0 Å². The number of nitrogens with one attached hydrogen (secondary N) is 1. The van der Waals surface area contributed by atoms with Crippen molar-refractivity contribution >= 4 is 57.7 Å². The topological polar surface area (TPSA) is 110 Å². The van der Waals surface area contributed by atoms with Crippen molar-refractivity contribution in [2.75, 3.05) is 15.0 Å². The molecule has 1 N–H and O–H groups in total. The van der Waals surface area contributed by atoms with E-state index < -0.39 is 35.0 Å². The first-order chi connectivity index (χ1) is 21.9. The fraction of sp³-hybridized carbons (Fsp3) is 0.143. The number of aliphatic imine (C=N–C) groups is 1. The molecule has 0 radical (unpaired) electrons. The summed E-state index contributed by atoms with van der Waals surface area (Å²) in [7, 11) is 0. The van der Waals surface area contributed by atoms with Crippen LogP contribution in [-0.4, -0.2) is 35.0 Å². The number of amides is 3. The van der Waals surface area contributed by atoms with Crippen molar-refractivity contribution in [2.45, 2.75) is 13.8 Å². The largest absolute Gasteiger partial charge is 0.277 e. The summed E-state index contributed by atoms with van der Waals surface area (Å²) in [5.74, 6) is -3.53. The van der Waals surface area contributed by atoms with Gasteiger partial charge in [-0.15, -0.1) is 0 Å². The highest BCUT2D eigenvalue weighted by Crippen LogP contribution is 2.51. The first-order valence-electron chi connectivity index (χ1n) is 14.6. The molecular formula is C35H29N7O3. The van der Waals surface area contributed by atoms with Gasteiger partial charge in [-0.1, -0.05) is 72.8 Å². The Kier molecular flexibility index (Phi) is 6.81. The molecule has 4 aromatic rings. The first-order valence-corrected chi connectivity index (χ1v) is 14.6. The van der Waals surface area contributed by atoms with Crippen LogP contribution >= 0.6 is 0 Å². The molecule has 3 atom stereocenters. The highest BCUT2D eigenvalue weighted by molar-refractivity contribution is 6.34. The van der Waals surface area contributed by atoms with E-state index in [0.717, 1.165) is 0 Å². The summed E-state index contributed by atoms with van der Waals surface area (Å²) in [5.41, 5.74) is 4.33. The highest BCUT2D eigenvalue weighted by atomic mass is 16.2. The van der Waals surface area contributed by atoms with Crippen LogP contribution in [0.2, 0.25) is 0 Å². The number of rotatable bonds is 6. The Morgan fingerprint density at radius 1 is 0.622 bits per heavy atom. The van der Waals surface area contributed by atoms with Gasteiger partial charge in [0, 0.05) is 5.71 Å². The van der Waals surface area contributed by atoms with Crippen LogP contribution < -0.4 is 20.5 Å². The van der Waals surface area contributed by atoms with E-state index in [1.165, 1.54) is 15.0 Å². The van der Waals surface area contributed by atoms with Crippen molar-refractivity contribution in [3.05, 3.63) is 121 Å². The molecule has 0 aliphatic carbocycles. The van der Waals surface area contributed by atoms with Gasteiger partial charge in [0.15, 0.2) is 0 Å². The van der Waals surface area contributed by atoms with Gasteiger partial charge < -0.3 is 0 Å². The predicted molar refractivity (Wildman–Crippen MR) is 174 cm³/mol. The van der Waals surface area contributed by atoms with Crippen molar-refractivity contribution in [2.24, 2.45) is 32.4 Å². The molecule has 1 fully saturated rings. The number of para-hydroxylation sites is 4. The van der Waals surface area contributed by atoms with Gasteiger partial charge in [0.1, 0.15) is 23.1 Å². The van der Waals surface area contributed by atoms with Gasteiger partial charge in [-0.25, -0.2) is 15.0 Å². The minimum atomic E-state index is -1.79. The molecule has 3 aliphatic heterocycles. The van der Waals surface area contributed by atoms with E-state index in [0.29, 0.717) is 34.2 Å². The Bertz CT molecular complexity index is 1880. The Labute approximate surface area is 260 Å². The molecule has 7 rings (SSSR count). The molecule has 3 heterocycles. The second-order valence-corrected chi connectivity index (χ2v) is 11.1. The summed E-state index contributed by atoms with van der Waals surface area (Å²) in [4.78, 5) is 49.2. The van der Waals surface area contributed by atoms with E-state index in [1.807, 2.05) is 72.8 Å². The third-order valence-corrected chi connectivity index (χ3v) is 8.43. The zero-order valence-corrected chi connectivity index (χ0v) is 24.6. The molecular weight excluding hydrogens is 566 g/mol. The van der Waals surface area contributed by atoms with Gasteiger partial charge in [-0.3, -0.25) is 19.8 Å². The minimum absolute atomic E-state index is 0.228. The second-order valence-electron chi connectivity index (χ2n) is 11.1. The lowest BCUT2D eigenvalue weighted by Gasteiger charge is -2.36. The molecule has 3 aliphatic rings. The molecule has 222 valence electrons. The van der Waals surface area contributed by atoms with Crippen LogP contribution in [0.5, 0.6) is 0 Å².